The number of aromatic amines is 1. The van der Waals surface area contributed by atoms with Crippen LogP contribution in [0.15, 0.2) is 0 Å². The highest BCUT2D eigenvalue weighted by Crippen LogP contribution is 2.24. The van der Waals surface area contributed by atoms with E-state index in [2.05, 4.69) is 15.2 Å². The standard InChI is InChI=1S/C11H18N4O2/c1-3-9-12-10(14-13-9)11(17)15-5-4-7(2)8(15)6-16/h7-8,16H,3-6H2,1-2H3,(H,12,13,14). The largest absolute Gasteiger partial charge is 0.394 e. The first-order chi connectivity index (χ1) is 8.17. The van der Waals surface area contributed by atoms with E-state index in [1.807, 2.05) is 13.8 Å². The van der Waals surface area contributed by atoms with Gasteiger partial charge in [-0.15, -0.1) is 5.10 Å². The third-order valence-corrected chi connectivity index (χ3v) is 3.39. The smallest absolute Gasteiger partial charge is 0.293 e. The molecular formula is C11H18N4O2. The van der Waals surface area contributed by atoms with Crippen LogP contribution in [0.2, 0.25) is 0 Å². The van der Waals surface area contributed by atoms with Crippen LogP contribution in [0.4, 0.5) is 0 Å². The van der Waals surface area contributed by atoms with Crippen molar-refractivity contribution in [2.75, 3.05) is 13.2 Å². The Morgan fingerprint density at radius 2 is 2.41 bits per heavy atom. The third-order valence-electron chi connectivity index (χ3n) is 3.39. The van der Waals surface area contributed by atoms with E-state index in [0.29, 0.717) is 18.3 Å². The lowest BCUT2D eigenvalue weighted by atomic mass is 10.0. The zero-order valence-electron chi connectivity index (χ0n) is 10.2. The van der Waals surface area contributed by atoms with Crippen molar-refractivity contribution >= 4 is 5.91 Å². The van der Waals surface area contributed by atoms with Crippen molar-refractivity contribution in [1.29, 1.82) is 0 Å². The molecule has 1 aliphatic heterocycles. The van der Waals surface area contributed by atoms with Gasteiger partial charge in [0.25, 0.3) is 5.91 Å². The van der Waals surface area contributed by atoms with Crippen LogP contribution in [-0.2, 0) is 6.42 Å². The van der Waals surface area contributed by atoms with E-state index in [1.54, 1.807) is 4.90 Å². The Balaban J connectivity index is 2.14. The number of carbonyl (C=O) groups is 1. The monoisotopic (exact) mass is 238 g/mol. The summed E-state index contributed by atoms with van der Waals surface area (Å²) in [6.45, 7) is 4.66. The van der Waals surface area contributed by atoms with Crippen LogP contribution < -0.4 is 0 Å². The Morgan fingerprint density at radius 3 is 3.00 bits per heavy atom. The van der Waals surface area contributed by atoms with Crippen LogP contribution in [0.25, 0.3) is 0 Å². The average Bonchev–Trinajstić information content (AvgIpc) is 2.94. The third kappa shape index (κ3) is 2.17. The van der Waals surface area contributed by atoms with Crippen molar-refractivity contribution in [2.45, 2.75) is 32.7 Å². The summed E-state index contributed by atoms with van der Waals surface area (Å²) in [4.78, 5) is 18.0. The molecule has 2 heterocycles. The number of nitrogens with one attached hydrogen (secondary N) is 1. The second-order valence-corrected chi connectivity index (χ2v) is 4.47. The Bertz CT molecular complexity index is 404. The first kappa shape index (κ1) is 12.0. The molecule has 6 heteroatoms. The van der Waals surface area contributed by atoms with Crippen molar-refractivity contribution in [3.63, 3.8) is 0 Å². The molecule has 0 bridgehead atoms. The number of aromatic nitrogens is 3. The lowest BCUT2D eigenvalue weighted by Gasteiger charge is -2.23. The molecule has 6 nitrogen and oxygen atoms in total. The van der Waals surface area contributed by atoms with E-state index in [1.165, 1.54) is 0 Å². The molecule has 1 aromatic heterocycles. The van der Waals surface area contributed by atoms with Gasteiger partial charge in [0.15, 0.2) is 0 Å². The molecule has 2 N–H and O–H groups in total. The van der Waals surface area contributed by atoms with Crippen LogP contribution >= 0.6 is 0 Å². The topological polar surface area (TPSA) is 82.1 Å². The second kappa shape index (κ2) is 4.83. The molecule has 1 saturated heterocycles. The number of aryl methyl sites for hydroxylation is 1. The van der Waals surface area contributed by atoms with E-state index in [4.69, 9.17) is 0 Å². The van der Waals surface area contributed by atoms with E-state index in [0.717, 1.165) is 12.8 Å². The molecule has 0 aromatic carbocycles. The highest BCUT2D eigenvalue weighted by Gasteiger charge is 2.35. The maximum atomic E-state index is 12.2. The maximum Gasteiger partial charge on any atom is 0.293 e. The van der Waals surface area contributed by atoms with Gasteiger partial charge in [-0.25, -0.2) is 4.98 Å². The molecule has 1 amide bonds. The Kier molecular flexibility index (Phi) is 3.42. The molecule has 0 spiro atoms. The Morgan fingerprint density at radius 1 is 1.65 bits per heavy atom. The summed E-state index contributed by atoms with van der Waals surface area (Å²) in [7, 11) is 0. The molecule has 94 valence electrons. The van der Waals surface area contributed by atoms with Crippen molar-refractivity contribution in [3.8, 4) is 0 Å². The summed E-state index contributed by atoms with van der Waals surface area (Å²) < 4.78 is 0. The predicted octanol–water partition coefficient (Wildman–Crippen LogP) is 0.210. The van der Waals surface area contributed by atoms with E-state index in [9.17, 15) is 9.90 Å². The van der Waals surface area contributed by atoms with Gasteiger partial charge >= 0.3 is 0 Å². The number of aliphatic hydroxyl groups is 1. The summed E-state index contributed by atoms with van der Waals surface area (Å²) in [5.74, 6) is 1.05. The lowest BCUT2D eigenvalue weighted by Crippen LogP contribution is -2.40. The molecule has 2 unspecified atom stereocenters. The lowest BCUT2D eigenvalue weighted by molar-refractivity contribution is 0.0636. The van der Waals surface area contributed by atoms with Gasteiger partial charge in [0.1, 0.15) is 5.82 Å². The molecule has 1 fully saturated rings. The van der Waals surface area contributed by atoms with Gasteiger partial charge in [-0.3, -0.25) is 9.89 Å². The predicted molar refractivity (Wildman–Crippen MR) is 61.5 cm³/mol. The normalized spacial score (nSPS) is 24.3. The number of hydrogen-bond acceptors (Lipinski definition) is 4. The minimum atomic E-state index is -0.190. The van der Waals surface area contributed by atoms with Crippen molar-refractivity contribution in [2.24, 2.45) is 5.92 Å². The van der Waals surface area contributed by atoms with Crippen LogP contribution in [0.3, 0.4) is 0 Å². The number of H-pyrrole nitrogens is 1. The van der Waals surface area contributed by atoms with Crippen LogP contribution in [0.5, 0.6) is 0 Å². The molecule has 0 saturated carbocycles. The van der Waals surface area contributed by atoms with E-state index in [-0.39, 0.29) is 24.4 Å². The SMILES string of the molecule is CCc1nc(C(=O)N2CCC(C)C2CO)n[nH]1. The minimum Gasteiger partial charge on any atom is -0.394 e. The van der Waals surface area contributed by atoms with Gasteiger partial charge in [-0.1, -0.05) is 13.8 Å². The zero-order chi connectivity index (χ0) is 12.4. The molecule has 2 atom stereocenters. The Labute approximate surface area is 100 Å². The molecular weight excluding hydrogens is 220 g/mol. The average molecular weight is 238 g/mol. The maximum absolute atomic E-state index is 12.2. The van der Waals surface area contributed by atoms with Crippen molar-refractivity contribution < 1.29 is 9.90 Å². The molecule has 1 aromatic rings. The van der Waals surface area contributed by atoms with Crippen LogP contribution in [0, 0.1) is 5.92 Å². The van der Waals surface area contributed by atoms with E-state index >= 15 is 0 Å². The van der Waals surface area contributed by atoms with Gasteiger partial charge < -0.3 is 10.0 Å². The van der Waals surface area contributed by atoms with Crippen LogP contribution in [0.1, 0.15) is 36.7 Å². The molecule has 2 rings (SSSR count). The first-order valence-corrected chi connectivity index (χ1v) is 6.00. The van der Waals surface area contributed by atoms with Gasteiger partial charge in [0.2, 0.25) is 5.82 Å². The quantitative estimate of drug-likeness (QED) is 0.788. The molecule has 1 aliphatic rings. The second-order valence-electron chi connectivity index (χ2n) is 4.47. The summed E-state index contributed by atoms with van der Waals surface area (Å²) in [6, 6.07) is -0.105. The molecule has 0 radical (unpaired) electrons. The highest BCUT2D eigenvalue weighted by atomic mass is 16.3. The minimum absolute atomic E-state index is 0.00202. The van der Waals surface area contributed by atoms with Crippen molar-refractivity contribution in [1.82, 2.24) is 20.1 Å². The summed E-state index contributed by atoms with van der Waals surface area (Å²) in [6.07, 6.45) is 1.64. The van der Waals surface area contributed by atoms with Gasteiger partial charge in [-0.2, -0.15) is 0 Å². The molecule has 0 aliphatic carbocycles. The number of carbonyl (C=O) groups excluding carboxylic acids is 1. The van der Waals surface area contributed by atoms with E-state index < -0.39 is 0 Å². The number of nitrogens with zero attached hydrogens (tertiary/aromatic N) is 3. The fraction of sp³-hybridized carbons (Fsp3) is 0.727. The van der Waals surface area contributed by atoms with Crippen LogP contribution in [-0.4, -0.2) is 50.3 Å². The molecule has 17 heavy (non-hydrogen) atoms. The van der Waals surface area contributed by atoms with Crippen molar-refractivity contribution in [3.05, 3.63) is 11.6 Å². The Hall–Kier alpha value is -1.43. The number of aliphatic hydroxyl groups excluding tert-OH is 1. The van der Waals surface area contributed by atoms with Gasteiger partial charge in [0.05, 0.1) is 12.6 Å². The number of hydrogen-bond donors (Lipinski definition) is 2. The number of amides is 1. The van der Waals surface area contributed by atoms with Gasteiger partial charge in [-0.05, 0) is 12.3 Å². The fourth-order valence-electron chi connectivity index (χ4n) is 2.22. The first-order valence-electron chi connectivity index (χ1n) is 6.00. The highest BCUT2D eigenvalue weighted by molar-refractivity contribution is 5.90. The number of rotatable bonds is 3. The number of likely N-dealkylation sites (tertiary alicyclic amines) is 1. The fourth-order valence-corrected chi connectivity index (χ4v) is 2.22. The van der Waals surface area contributed by atoms with Gasteiger partial charge in [0, 0.05) is 13.0 Å². The zero-order valence-corrected chi connectivity index (χ0v) is 10.2. The summed E-state index contributed by atoms with van der Waals surface area (Å²) in [5.41, 5.74) is 0. The summed E-state index contributed by atoms with van der Waals surface area (Å²) >= 11 is 0. The summed E-state index contributed by atoms with van der Waals surface area (Å²) in [5, 5.41) is 16.0.